The van der Waals surface area contributed by atoms with Crippen LogP contribution in [0, 0.1) is 0 Å². The summed E-state index contributed by atoms with van der Waals surface area (Å²) in [7, 11) is 3.12. The zero-order valence-electron chi connectivity index (χ0n) is 17.6. The summed E-state index contributed by atoms with van der Waals surface area (Å²) in [4.78, 5) is 17.9. The van der Waals surface area contributed by atoms with Crippen LogP contribution >= 0.6 is 11.6 Å². The topological polar surface area (TPSA) is 78.3 Å². The van der Waals surface area contributed by atoms with Crippen molar-refractivity contribution in [1.29, 1.82) is 0 Å². The maximum absolute atomic E-state index is 13.4. The second-order valence-corrected chi connectivity index (χ2v) is 7.26. The monoisotopic (exact) mass is 448 g/mol. The highest BCUT2D eigenvalue weighted by atomic mass is 35.5. The van der Waals surface area contributed by atoms with Crippen molar-refractivity contribution in [3.05, 3.63) is 88.9 Å². The molecule has 1 N–H and O–H groups in total. The molecule has 4 rings (SSSR count). The molecule has 3 aromatic carbocycles. The number of methoxy groups -OCH3 is 2. The van der Waals surface area contributed by atoms with Gasteiger partial charge >= 0.3 is 0 Å². The molecule has 0 radical (unpaired) electrons. The Kier molecular flexibility index (Phi) is 6.37. The van der Waals surface area contributed by atoms with E-state index in [1.54, 1.807) is 31.4 Å². The van der Waals surface area contributed by atoms with Crippen molar-refractivity contribution in [2.75, 3.05) is 19.5 Å². The van der Waals surface area contributed by atoms with Crippen molar-refractivity contribution in [1.82, 2.24) is 14.8 Å². The highest BCUT2D eigenvalue weighted by Gasteiger charge is 2.21. The average molecular weight is 449 g/mol. The van der Waals surface area contributed by atoms with Gasteiger partial charge in [-0.15, -0.1) is 5.10 Å². The number of halogens is 1. The molecule has 0 spiro atoms. The molecule has 7 nitrogen and oxygen atoms in total. The summed E-state index contributed by atoms with van der Waals surface area (Å²) < 4.78 is 11.8. The van der Waals surface area contributed by atoms with Crippen LogP contribution in [-0.2, 0) is 6.54 Å². The molecule has 0 atom stereocenters. The van der Waals surface area contributed by atoms with E-state index in [0.717, 1.165) is 16.9 Å². The molecule has 0 saturated heterocycles. The first kappa shape index (κ1) is 21.4. The minimum atomic E-state index is -0.364. The lowest BCUT2D eigenvalue weighted by atomic mass is 10.2. The fourth-order valence-corrected chi connectivity index (χ4v) is 3.38. The molecular weight excluding hydrogens is 428 g/mol. The summed E-state index contributed by atoms with van der Waals surface area (Å²) in [5.41, 5.74) is 2.00. The molecule has 32 heavy (non-hydrogen) atoms. The number of carbonyl (C=O) groups is 1. The Hall–Kier alpha value is -3.84. The van der Waals surface area contributed by atoms with E-state index >= 15 is 0 Å². The Morgan fingerprint density at radius 3 is 2.41 bits per heavy atom. The predicted octanol–water partition coefficient (Wildman–Crippen LogP) is 4.92. The lowest BCUT2D eigenvalue weighted by Gasteiger charge is -2.10. The maximum atomic E-state index is 13.4. The molecule has 8 heteroatoms. The van der Waals surface area contributed by atoms with E-state index in [0.29, 0.717) is 34.7 Å². The third-order valence-corrected chi connectivity index (χ3v) is 5.25. The SMILES string of the molecule is COc1ccc(-c2nc(NCc3ccccc3Cl)n(C(=O)c3ccccc3OC)n2)cc1. The number of rotatable bonds is 7. The van der Waals surface area contributed by atoms with Crippen molar-refractivity contribution in [3.8, 4) is 22.9 Å². The fraction of sp³-hybridized carbons (Fsp3) is 0.125. The lowest BCUT2D eigenvalue weighted by molar-refractivity contribution is 0.0944. The molecule has 0 saturated carbocycles. The average Bonchev–Trinajstić information content (AvgIpc) is 3.27. The van der Waals surface area contributed by atoms with Gasteiger partial charge in [0.15, 0.2) is 5.82 Å². The molecular formula is C24H21ClN4O3. The largest absolute Gasteiger partial charge is 0.497 e. The normalized spacial score (nSPS) is 10.6. The Morgan fingerprint density at radius 1 is 0.969 bits per heavy atom. The number of benzene rings is 3. The number of para-hydroxylation sites is 1. The van der Waals surface area contributed by atoms with Crippen LogP contribution in [0.25, 0.3) is 11.4 Å². The molecule has 0 aliphatic carbocycles. The van der Waals surface area contributed by atoms with Crippen molar-refractivity contribution >= 4 is 23.5 Å². The molecule has 0 aliphatic rings. The van der Waals surface area contributed by atoms with Gasteiger partial charge in [0, 0.05) is 17.1 Å². The Morgan fingerprint density at radius 2 is 1.69 bits per heavy atom. The summed E-state index contributed by atoms with van der Waals surface area (Å²) in [5, 5.41) is 8.30. The summed E-state index contributed by atoms with van der Waals surface area (Å²) >= 11 is 6.28. The lowest BCUT2D eigenvalue weighted by Crippen LogP contribution is -2.18. The van der Waals surface area contributed by atoms with Gasteiger partial charge in [0.1, 0.15) is 11.5 Å². The first-order valence-electron chi connectivity index (χ1n) is 9.87. The fourth-order valence-electron chi connectivity index (χ4n) is 3.18. The number of ether oxygens (including phenoxy) is 2. The Balaban J connectivity index is 1.72. The number of nitrogens with one attached hydrogen (secondary N) is 1. The zero-order chi connectivity index (χ0) is 22.5. The molecule has 1 aromatic heterocycles. The van der Waals surface area contributed by atoms with E-state index in [-0.39, 0.29) is 5.91 Å². The molecule has 0 bridgehead atoms. The number of hydrogen-bond acceptors (Lipinski definition) is 6. The smallest absolute Gasteiger partial charge is 0.285 e. The first-order chi connectivity index (χ1) is 15.6. The molecule has 0 amide bonds. The van der Waals surface area contributed by atoms with Crippen LogP contribution in [0.5, 0.6) is 11.5 Å². The van der Waals surface area contributed by atoms with Gasteiger partial charge in [0.05, 0.1) is 19.8 Å². The molecule has 1 heterocycles. The number of anilines is 1. The summed E-state index contributed by atoms with van der Waals surface area (Å²) in [6.45, 7) is 0.375. The molecule has 0 unspecified atom stereocenters. The van der Waals surface area contributed by atoms with Gasteiger partial charge in [0.25, 0.3) is 5.91 Å². The van der Waals surface area contributed by atoms with Crippen LogP contribution in [0.4, 0.5) is 5.95 Å². The number of nitrogens with zero attached hydrogens (tertiary/aromatic N) is 3. The van der Waals surface area contributed by atoms with E-state index in [9.17, 15) is 4.79 Å². The molecule has 162 valence electrons. The third-order valence-electron chi connectivity index (χ3n) is 4.88. The van der Waals surface area contributed by atoms with Crippen molar-refractivity contribution in [2.24, 2.45) is 0 Å². The molecule has 4 aromatic rings. The highest BCUT2D eigenvalue weighted by molar-refractivity contribution is 6.31. The van der Waals surface area contributed by atoms with E-state index in [1.165, 1.54) is 11.8 Å². The molecule has 0 aliphatic heterocycles. The van der Waals surface area contributed by atoms with Gasteiger partial charge in [-0.25, -0.2) is 0 Å². The van der Waals surface area contributed by atoms with Gasteiger partial charge in [-0.2, -0.15) is 9.67 Å². The van der Waals surface area contributed by atoms with E-state index in [1.807, 2.05) is 48.5 Å². The summed E-state index contributed by atoms with van der Waals surface area (Å²) in [5.74, 6) is 1.51. The van der Waals surface area contributed by atoms with Crippen LogP contribution < -0.4 is 14.8 Å². The minimum absolute atomic E-state index is 0.298. The van der Waals surface area contributed by atoms with Crippen LogP contribution in [0.15, 0.2) is 72.8 Å². The summed E-state index contributed by atoms with van der Waals surface area (Å²) in [6.07, 6.45) is 0. The van der Waals surface area contributed by atoms with Crippen LogP contribution in [0.3, 0.4) is 0 Å². The second kappa shape index (κ2) is 9.53. The van der Waals surface area contributed by atoms with Crippen LogP contribution in [-0.4, -0.2) is 34.9 Å². The predicted molar refractivity (Wildman–Crippen MR) is 124 cm³/mol. The quantitative estimate of drug-likeness (QED) is 0.432. The van der Waals surface area contributed by atoms with E-state index in [4.69, 9.17) is 21.1 Å². The first-order valence-corrected chi connectivity index (χ1v) is 10.2. The standard InChI is InChI=1S/C24H21ClN4O3/c1-31-18-13-11-16(12-14-18)22-27-24(26-15-17-7-3-5-9-20(17)25)29(28-22)23(30)19-8-4-6-10-21(19)32-2/h3-14H,15H2,1-2H3,(H,26,27,28). The van der Waals surface area contributed by atoms with Gasteiger partial charge < -0.3 is 14.8 Å². The van der Waals surface area contributed by atoms with E-state index < -0.39 is 0 Å². The number of aromatic nitrogens is 3. The second-order valence-electron chi connectivity index (χ2n) is 6.85. The number of hydrogen-bond donors (Lipinski definition) is 1. The summed E-state index contributed by atoms with van der Waals surface area (Å²) in [6, 6.07) is 21.8. The van der Waals surface area contributed by atoms with Gasteiger partial charge in [-0.3, -0.25) is 4.79 Å². The van der Waals surface area contributed by atoms with Crippen LogP contribution in [0.2, 0.25) is 5.02 Å². The third kappa shape index (κ3) is 4.43. The van der Waals surface area contributed by atoms with Crippen molar-refractivity contribution in [2.45, 2.75) is 6.54 Å². The zero-order valence-corrected chi connectivity index (χ0v) is 18.3. The van der Waals surface area contributed by atoms with Crippen LogP contribution in [0.1, 0.15) is 15.9 Å². The van der Waals surface area contributed by atoms with Gasteiger partial charge in [-0.1, -0.05) is 41.9 Å². The highest BCUT2D eigenvalue weighted by Crippen LogP contribution is 2.25. The van der Waals surface area contributed by atoms with E-state index in [2.05, 4.69) is 15.4 Å². The minimum Gasteiger partial charge on any atom is -0.497 e. The van der Waals surface area contributed by atoms with Gasteiger partial charge in [-0.05, 0) is 48.0 Å². The Labute approximate surface area is 190 Å². The maximum Gasteiger partial charge on any atom is 0.285 e. The number of carbonyl (C=O) groups excluding carboxylic acids is 1. The Bertz CT molecular complexity index is 1240. The van der Waals surface area contributed by atoms with Crippen molar-refractivity contribution in [3.63, 3.8) is 0 Å². The van der Waals surface area contributed by atoms with Crippen molar-refractivity contribution < 1.29 is 14.3 Å². The molecule has 0 fully saturated rings. The van der Waals surface area contributed by atoms with Gasteiger partial charge in [0.2, 0.25) is 5.95 Å².